The molecule has 2 N–H and O–H groups in total. The van der Waals surface area contributed by atoms with Crippen LogP contribution in [0.2, 0.25) is 0 Å². The Balaban J connectivity index is 0. The quantitative estimate of drug-likeness (QED) is 0.101. The van der Waals surface area contributed by atoms with Crippen LogP contribution in [0.3, 0.4) is 0 Å². The lowest BCUT2D eigenvalue weighted by atomic mass is 10.2. The molecule has 0 aliphatic carbocycles. The van der Waals surface area contributed by atoms with Crippen molar-refractivity contribution >= 4 is 24.5 Å². The van der Waals surface area contributed by atoms with Gasteiger partial charge in [-0.25, -0.2) is 9.59 Å². The van der Waals surface area contributed by atoms with Gasteiger partial charge in [0.2, 0.25) is 0 Å². The van der Waals surface area contributed by atoms with Crippen LogP contribution < -0.4 is 0 Å². The minimum absolute atomic E-state index is 0.300. The van der Waals surface area contributed by atoms with Crippen LogP contribution in [0.1, 0.15) is 55.4 Å². The largest absolute Gasteiger partial charge is 0.478 e. The third kappa shape index (κ3) is 27.5. The molecule has 0 radical (unpaired) electrons. The highest BCUT2D eigenvalue weighted by atomic mass is 16.4. The van der Waals surface area contributed by atoms with Gasteiger partial charge < -0.3 is 10.2 Å². The zero-order valence-corrected chi connectivity index (χ0v) is 28.2. The van der Waals surface area contributed by atoms with E-state index in [1.165, 1.54) is 0 Å². The van der Waals surface area contributed by atoms with Gasteiger partial charge in [-0.2, -0.15) is 0 Å². The van der Waals surface area contributed by atoms with Crippen molar-refractivity contribution in [2.75, 3.05) is 0 Å². The van der Waals surface area contributed by atoms with Crippen molar-refractivity contribution in [2.24, 2.45) is 0 Å². The highest BCUT2D eigenvalue weighted by Gasteiger charge is 1.96. The van der Waals surface area contributed by atoms with Gasteiger partial charge in [-0.1, -0.05) is 144 Å². The number of allylic oxidation sites excluding steroid dienone is 26. The van der Waals surface area contributed by atoms with Crippen molar-refractivity contribution in [3.8, 4) is 0 Å². The molecule has 0 amide bonds. The Morgan fingerprint density at radius 3 is 0.783 bits per heavy atom. The van der Waals surface area contributed by atoms with Gasteiger partial charge in [-0.15, -0.1) is 0 Å². The molecule has 0 fully saturated rings. The smallest absolute Gasteiger partial charge is 0.331 e. The Morgan fingerprint density at radius 2 is 0.565 bits per heavy atom. The van der Waals surface area contributed by atoms with Crippen molar-refractivity contribution < 1.29 is 29.4 Å². The molecule has 6 nitrogen and oxygen atoms in total. The number of aldehydes is 2. The molecule has 0 saturated heterocycles. The predicted molar refractivity (Wildman–Crippen MR) is 192 cm³/mol. The van der Waals surface area contributed by atoms with Gasteiger partial charge in [0.05, 0.1) is 0 Å². The van der Waals surface area contributed by atoms with E-state index in [1.54, 1.807) is 64.2 Å². The minimum atomic E-state index is -0.914. The minimum Gasteiger partial charge on any atom is -0.478 e. The maximum absolute atomic E-state index is 10.6. The molecule has 6 heteroatoms. The van der Waals surface area contributed by atoms with Crippen LogP contribution in [0, 0.1) is 0 Å². The van der Waals surface area contributed by atoms with Crippen molar-refractivity contribution in [3.63, 3.8) is 0 Å². The number of rotatable bonds is 16. The summed E-state index contributed by atoms with van der Waals surface area (Å²) in [6, 6.07) is 0. The summed E-state index contributed by atoms with van der Waals surface area (Å²) in [5, 5.41) is 17.4. The number of carboxylic acid groups (broad SMARTS) is 2. The molecule has 0 atom stereocenters. The average Bonchev–Trinajstić information content (AvgIpc) is 3.01. The van der Waals surface area contributed by atoms with Crippen LogP contribution >= 0.6 is 0 Å². The van der Waals surface area contributed by atoms with Crippen LogP contribution in [0.15, 0.2) is 166 Å². The Morgan fingerprint density at radius 1 is 0.348 bits per heavy atom. The maximum Gasteiger partial charge on any atom is 0.331 e. The van der Waals surface area contributed by atoms with Crippen LogP contribution in [-0.4, -0.2) is 34.7 Å². The third-order valence-electron chi connectivity index (χ3n) is 5.55. The second-order valence-corrected chi connectivity index (χ2v) is 10.2. The molecule has 0 bridgehead atoms. The predicted octanol–water partition coefficient (Wildman–Crippen LogP) is 9.45. The molecule has 0 aromatic carbocycles. The summed E-state index contributed by atoms with van der Waals surface area (Å²) in [4.78, 5) is 42.1. The molecule has 0 spiro atoms. The van der Waals surface area contributed by atoms with E-state index in [0.29, 0.717) is 22.3 Å². The highest BCUT2D eigenvalue weighted by molar-refractivity contribution is 5.86. The fraction of sp³-hybridized carbons (Fsp3) is 0.200. The van der Waals surface area contributed by atoms with Gasteiger partial charge in [-0.3, -0.25) is 9.59 Å². The van der Waals surface area contributed by atoms with E-state index < -0.39 is 11.9 Å². The Hall–Kier alpha value is -5.36. The monoisotopic (exact) mass is 624 g/mol. The first-order valence-electron chi connectivity index (χ1n) is 14.5. The van der Waals surface area contributed by atoms with E-state index in [0.717, 1.165) is 34.9 Å². The molecule has 0 aromatic rings. The molecular weight excluding hydrogens is 576 g/mol. The molecule has 244 valence electrons. The molecule has 0 unspecified atom stereocenters. The third-order valence-corrected chi connectivity index (χ3v) is 5.55. The maximum atomic E-state index is 10.6. The normalized spacial score (nSPS) is 15.1. The number of hydrogen-bond acceptors (Lipinski definition) is 4. The molecular formula is C40H48O6. The Bertz CT molecular complexity index is 1350. The lowest BCUT2D eigenvalue weighted by Gasteiger charge is -1.90. The van der Waals surface area contributed by atoms with Gasteiger partial charge in [0.1, 0.15) is 12.6 Å². The lowest BCUT2D eigenvalue weighted by molar-refractivity contribution is -0.133. The van der Waals surface area contributed by atoms with Crippen molar-refractivity contribution in [3.05, 3.63) is 166 Å². The molecule has 0 aliphatic rings. The zero-order valence-electron chi connectivity index (χ0n) is 28.2. The summed E-state index contributed by atoms with van der Waals surface area (Å²) in [6.07, 6.45) is 38.4. The van der Waals surface area contributed by atoms with E-state index in [1.807, 2.05) is 113 Å². The molecule has 0 rings (SSSR count). The number of aliphatic carboxylic acids is 2. The van der Waals surface area contributed by atoms with E-state index in [2.05, 4.69) is 0 Å². The highest BCUT2D eigenvalue weighted by Crippen LogP contribution is 2.02. The second-order valence-electron chi connectivity index (χ2n) is 10.2. The fourth-order valence-corrected chi connectivity index (χ4v) is 2.66. The summed E-state index contributed by atoms with van der Waals surface area (Å²) in [6.45, 7) is 14.4. The molecule has 0 aromatic heterocycles. The Labute approximate surface area is 275 Å². The van der Waals surface area contributed by atoms with Crippen molar-refractivity contribution in [1.82, 2.24) is 0 Å². The number of carboxylic acids is 2. The number of carbonyl (C=O) groups is 4. The van der Waals surface area contributed by atoms with Gasteiger partial charge in [0.15, 0.2) is 0 Å². The zero-order chi connectivity index (χ0) is 35.3. The van der Waals surface area contributed by atoms with Gasteiger partial charge in [-0.05, 0) is 66.5 Å². The van der Waals surface area contributed by atoms with Gasteiger partial charge in [0, 0.05) is 11.1 Å². The van der Waals surface area contributed by atoms with Crippen LogP contribution in [0.25, 0.3) is 0 Å². The summed E-state index contributed by atoms with van der Waals surface area (Å²) < 4.78 is 0. The summed E-state index contributed by atoms with van der Waals surface area (Å²) in [7, 11) is 0. The van der Waals surface area contributed by atoms with Crippen LogP contribution in [-0.2, 0) is 19.2 Å². The van der Waals surface area contributed by atoms with Crippen LogP contribution in [0.4, 0.5) is 0 Å². The topological polar surface area (TPSA) is 109 Å². The lowest BCUT2D eigenvalue weighted by Crippen LogP contribution is -1.94. The van der Waals surface area contributed by atoms with E-state index in [4.69, 9.17) is 10.2 Å². The average molecular weight is 625 g/mol. The van der Waals surface area contributed by atoms with E-state index in [-0.39, 0.29) is 0 Å². The van der Waals surface area contributed by atoms with Crippen molar-refractivity contribution in [2.45, 2.75) is 55.4 Å². The van der Waals surface area contributed by atoms with Crippen LogP contribution in [0.5, 0.6) is 0 Å². The summed E-state index contributed by atoms with van der Waals surface area (Å²) in [5.41, 5.74) is 6.13. The van der Waals surface area contributed by atoms with Crippen molar-refractivity contribution in [1.29, 1.82) is 0 Å². The van der Waals surface area contributed by atoms with E-state index in [9.17, 15) is 19.2 Å². The standard InChI is InChI=1S/2C20H24O3/c2*1-16(11-7-13-18(3)15-21)9-5-6-10-17(2)12-8-14-19(4)20(22)23/h2*5-15H,1-4H3,(H,22,23)/b2*6-5+,11-7+,12-8+,16-9+,17-10+,18-13+,19-14+. The van der Waals surface area contributed by atoms with Gasteiger partial charge >= 0.3 is 11.9 Å². The second kappa shape index (κ2) is 27.2. The summed E-state index contributed by atoms with van der Waals surface area (Å²) in [5.74, 6) is -1.83. The first-order chi connectivity index (χ1) is 21.7. The van der Waals surface area contributed by atoms with E-state index >= 15 is 0 Å². The number of hydrogen-bond donors (Lipinski definition) is 2. The molecule has 0 heterocycles. The number of carbonyl (C=O) groups excluding carboxylic acids is 2. The fourth-order valence-electron chi connectivity index (χ4n) is 2.66. The first kappa shape index (κ1) is 42.8. The van der Waals surface area contributed by atoms with Gasteiger partial charge in [0.25, 0.3) is 0 Å². The molecule has 0 saturated carbocycles. The molecule has 46 heavy (non-hydrogen) atoms. The Kier molecular flexibility index (Phi) is 25.3. The summed E-state index contributed by atoms with van der Waals surface area (Å²) >= 11 is 0. The molecule has 0 aliphatic heterocycles. The first-order valence-corrected chi connectivity index (χ1v) is 14.5. The SMILES string of the molecule is C\C(C=O)=C/C=C/C(C)=C/C=C/C=C(C)/C=C/C=C(\C)C(=O)O.C\C(C=O)=C/C=C/C(C)=C/C=C/C=C(C)/C=C/C=C(\C)C(=O)O.